The molecule has 24 heavy (non-hydrogen) atoms. The molecule has 0 saturated carbocycles. The number of carbonyl (C=O) groups excluding carboxylic acids is 1. The molecule has 1 amide bonds. The van der Waals surface area contributed by atoms with Crippen LogP contribution in [0.25, 0.3) is 10.9 Å². The number of benzene rings is 2. The van der Waals surface area contributed by atoms with Crippen LogP contribution in [0.2, 0.25) is 0 Å². The van der Waals surface area contributed by atoms with Crippen molar-refractivity contribution in [2.45, 2.75) is 17.2 Å². The number of nitrogens with two attached hydrogens (primary N) is 1. The van der Waals surface area contributed by atoms with Gasteiger partial charge in [0.1, 0.15) is 12.4 Å². The molecular formula is C17H14BrN3O2S. The maximum Gasteiger partial charge on any atom is 0.261 e. The Balaban J connectivity index is 1.99. The van der Waals surface area contributed by atoms with Gasteiger partial charge in [-0.25, -0.2) is 4.98 Å². The Morgan fingerprint density at radius 2 is 1.88 bits per heavy atom. The number of para-hydroxylation sites is 1. The highest BCUT2D eigenvalue weighted by atomic mass is 79.9. The lowest BCUT2D eigenvalue weighted by Gasteiger charge is -2.12. The minimum Gasteiger partial charge on any atom is -0.368 e. The van der Waals surface area contributed by atoms with E-state index in [1.165, 1.54) is 4.57 Å². The summed E-state index contributed by atoms with van der Waals surface area (Å²) >= 11 is 4.94. The summed E-state index contributed by atoms with van der Waals surface area (Å²) in [6.45, 7) is -0.174. The van der Waals surface area contributed by atoms with E-state index in [1.807, 2.05) is 30.3 Å². The maximum absolute atomic E-state index is 12.6. The number of hydrogen-bond acceptors (Lipinski definition) is 4. The quantitative estimate of drug-likeness (QED) is 0.664. The number of hydrogen-bond donors (Lipinski definition) is 1. The Hall–Kier alpha value is -2.12. The van der Waals surface area contributed by atoms with Gasteiger partial charge >= 0.3 is 0 Å². The molecule has 0 radical (unpaired) electrons. The summed E-state index contributed by atoms with van der Waals surface area (Å²) in [6, 6.07) is 15.0. The molecule has 0 aliphatic heterocycles. The second-order valence-electron chi connectivity index (χ2n) is 5.15. The van der Waals surface area contributed by atoms with Gasteiger partial charge in [-0.2, -0.15) is 0 Å². The van der Waals surface area contributed by atoms with Gasteiger partial charge in [-0.1, -0.05) is 28.1 Å². The van der Waals surface area contributed by atoms with E-state index < -0.39 is 5.91 Å². The Bertz CT molecular complexity index is 954. The van der Waals surface area contributed by atoms with Gasteiger partial charge in [0.15, 0.2) is 0 Å². The second kappa shape index (κ2) is 7.19. The van der Waals surface area contributed by atoms with E-state index in [0.717, 1.165) is 9.37 Å². The first-order valence-electron chi connectivity index (χ1n) is 7.20. The Labute approximate surface area is 151 Å². The third-order valence-corrected chi connectivity index (χ3v) is 4.97. The summed E-state index contributed by atoms with van der Waals surface area (Å²) in [5, 5.41) is 0.483. The number of amides is 1. The molecule has 5 nitrogen and oxygen atoms in total. The maximum atomic E-state index is 12.6. The van der Waals surface area contributed by atoms with E-state index in [9.17, 15) is 9.59 Å². The number of halogens is 1. The molecule has 0 aliphatic carbocycles. The SMILES string of the molecule is NC(=O)Cn1c(CSc2ccc(Br)cc2)nc2ccccc2c1=O. The summed E-state index contributed by atoms with van der Waals surface area (Å²) < 4.78 is 2.36. The van der Waals surface area contributed by atoms with Gasteiger partial charge in [-0.15, -0.1) is 11.8 Å². The third kappa shape index (κ3) is 3.68. The number of aromatic nitrogens is 2. The van der Waals surface area contributed by atoms with Crippen molar-refractivity contribution in [2.24, 2.45) is 5.73 Å². The highest BCUT2D eigenvalue weighted by Crippen LogP contribution is 2.24. The molecule has 2 N–H and O–H groups in total. The summed E-state index contributed by atoms with van der Waals surface area (Å²) in [5.74, 6) is 0.434. The first-order valence-corrected chi connectivity index (χ1v) is 8.97. The van der Waals surface area contributed by atoms with Crippen molar-refractivity contribution in [2.75, 3.05) is 0 Å². The molecule has 0 aliphatic rings. The standard InChI is InChI=1S/C17H14BrN3O2S/c18-11-5-7-12(8-6-11)24-10-16-20-14-4-2-1-3-13(14)17(23)21(16)9-15(19)22/h1-8H,9-10H2,(H2,19,22). The average molecular weight is 404 g/mol. The van der Waals surface area contributed by atoms with Gasteiger partial charge in [-0.3, -0.25) is 14.2 Å². The number of nitrogens with zero attached hydrogens (tertiary/aromatic N) is 2. The predicted molar refractivity (Wildman–Crippen MR) is 98.9 cm³/mol. The van der Waals surface area contributed by atoms with Crippen LogP contribution in [-0.2, 0) is 17.1 Å². The van der Waals surface area contributed by atoms with Gasteiger partial charge in [0.25, 0.3) is 5.56 Å². The molecule has 0 atom stereocenters. The molecule has 0 fully saturated rings. The summed E-state index contributed by atoms with van der Waals surface area (Å²) in [6.07, 6.45) is 0. The van der Waals surface area contributed by atoms with E-state index >= 15 is 0 Å². The summed E-state index contributed by atoms with van der Waals surface area (Å²) in [7, 11) is 0. The first kappa shape index (κ1) is 16.7. The molecule has 2 aromatic carbocycles. The topological polar surface area (TPSA) is 78.0 Å². The normalized spacial score (nSPS) is 10.9. The fourth-order valence-corrected chi connectivity index (χ4v) is 3.43. The predicted octanol–water partition coefficient (Wildman–Crippen LogP) is 2.94. The highest BCUT2D eigenvalue weighted by molar-refractivity contribution is 9.10. The Morgan fingerprint density at radius 3 is 2.58 bits per heavy atom. The average Bonchev–Trinajstić information content (AvgIpc) is 2.57. The van der Waals surface area contributed by atoms with Gasteiger partial charge in [-0.05, 0) is 36.4 Å². The van der Waals surface area contributed by atoms with Crippen LogP contribution >= 0.6 is 27.7 Å². The van der Waals surface area contributed by atoms with Crippen molar-refractivity contribution in [3.63, 3.8) is 0 Å². The zero-order valence-electron chi connectivity index (χ0n) is 12.6. The Kier molecular flexibility index (Phi) is 5.01. The molecule has 1 aromatic heterocycles. The van der Waals surface area contributed by atoms with Gasteiger partial charge in [0.05, 0.1) is 16.7 Å². The van der Waals surface area contributed by atoms with Crippen LogP contribution in [-0.4, -0.2) is 15.5 Å². The lowest BCUT2D eigenvalue weighted by molar-refractivity contribution is -0.118. The van der Waals surface area contributed by atoms with E-state index in [4.69, 9.17) is 5.73 Å². The highest BCUT2D eigenvalue weighted by Gasteiger charge is 2.13. The molecule has 0 spiro atoms. The summed E-state index contributed by atoms with van der Waals surface area (Å²) in [5.41, 5.74) is 5.67. The zero-order chi connectivity index (χ0) is 17.1. The molecule has 1 heterocycles. The van der Waals surface area contributed by atoms with Crippen molar-refractivity contribution in [1.29, 1.82) is 0 Å². The molecular weight excluding hydrogens is 390 g/mol. The van der Waals surface area contributed by atoms with E-state index in [2.05, 4.69) is 20.9 Å². The molecule has 3 aromatic rings. The number of primary amides is 1. The van der Waals surface area contributed by atoms with Crippen molar-refractivity contribution < 1.29 is 4.79 Å². The number of rotatable bonds is 5. The molecule has 0 saturated heterocycles. The van der Waals surface area contributed by atoms with Crippen LogP contribution in [0, 0.1) is 0 Å². The smallest absolute Gasteiger partial charge is 0.261 e. The van der Waals surface area contributed by atoms with Gasteiger partial charge in [0.2, 0.25) is 5.91 Å². The van der Waals surface area contributed by atoms with E-state index in [0.29, 0.717) is 22.5 Å². The lowest BCUT2D eigenvalue weighted by Crippen LogP contribution is -2.31. The molecule has 122 valence electrons. The number of thioether (sulfide) groups is 1. The molecule has 7 heteroatoms. The van der Waals surface area contributed by atoms with Crippen molar-refractivity contribution in [3.05, 3.63) is 69.2 Å². The third-order valence-electron chi connectivity index (χ3n) is 3.44. The second-order valence-corrected chi connectivity index (χ2v) is 7.11. The molecule has 0 unspecified atom stereocenters. The number of fused-ring (bicyclic) bond motifs is 1. The van der Waals surface area contributed by atoms with Crippen LogP contribution in [0.1, 0.15) is 5.82 Å². The first-order chi connectivity index (χ1) is 11.5. The van der Waals surface area contributed by atoms with Crippen LogP contribution in [0.5, 0.6) is 0 Å². The Morgan fingerprint density at radius 1 is 1.17 bits per heavy atom. The van der Waals surface area contributed by atoms with Gasteiger partial charge in [0, 0.05) is 9.37 Å². The van der Waals surface area contributed by atoms with Crippen LogP contribution in [0.15, 0.2) is 62.7 Å². The van der Waals surface area contributed by atoms with Crippen LogP contribution < -0.4 is 11.3 Å². The van der Waals surface area contributed by atoms with Gasteiger partial charge < -0.3 is 5.73 Å². The van der Waals surface area contributed by atoms with Crippen molar-refractivity contribution in [1.82, 2.24) is 9.55 Å². The number of carbonyl (C=O) groups is 1. The van der Waals surface area contributed by atoms with Crippen LogP contribution in [0.3, 0.4) is 0 Å². The molecule has 0 bridgehead atoms. The minimum atomic E-state index is -0.566. The fraction of sp³-hybridized carbons (Fsp3) is 0.118. The van der Waals surface area contributed by atoms with Crippen LogP contribution in [0.4, 0.5) is 0 Å². The minimum absolute atomic E-state index is 0.174. The van der Waals surface area contributed by atoms with E-state index in [-0.39, 0.29) is 12.1 Å². The van der Waals surface area contributed by atoms with E-state index in [1.54, 1.807) is 30.0 Å². The van der Waals surface area contributed by atoms with Crippen molar-refractivity contribution in [3.8, 4) is 0 Å². The zero-order valence-corrected chi connectivity index (χ0v) is 15.0. The monoisotopic (exact) mass is 403 g/mol. The largest absolute Gasteiger partial charge is 0.368 e. The summed E-state index contributed by atoms with van der Waals surface area (Å²) in [4.78, 5) is 29.6. The van der Waals surface area contributed by atoms with Crippen molar-refractivity contribution >= 4 is 44.5 Å². The fourth-order valence-electron chi connectivity index (χ4n) is 2.32. The lowest BCUT2D eigenvalue weighted by atomic mass is 10.2. The molecule has 3 rings (SSSR count).